The Hall–Kier alpha value is -1.97. The number of hydrogen-bond donors (Lipinski definition) is 2. The van der Waals surface area contributed by atoms with Gasteiger partial charge in [0.1, 0.15) is 0 Å². The third kappa shape index (κ3) is 1.12. The van der Waals surface area contributed by atoms with E-state index < -0.39 is 0 Å². The summed E-state index contributed by atoms with van der Waals surface area (Å²) in [5.74, 6) is -0.277. The van der Waals surface area contributed by atoms with E-state index in [0.717, 1.165) is 5.39 Å². The Morgan fingerprint density at radius 3 is 2.79 bits per heavy atom. The second-order valence-electron chi connectivity index (χ2n) is 3.18. The van der Waals surface area contributed by atoms with Crippen LogP contribution in [-0.2, 0) is 0 Å². The minimum absolute atomic E-state index is 0.0573. The van der Waals surface area contributed by atoms with Crippen LogP contribution in [0.4, 0.5) is 5.69 Å². The summed E-state index contributed by atoms with van der Waals surface area (Å²) >= 11 is 0. The molecule has 0 amide bonds. The van der Waals surface area contributed by atoms with Crippen molar-refractivity contribution in [3.63, 3.8) is 0 Å². The maximum atomic E-state index is 11.2. The maximum absolute atomic E-state index is 11.2. The number of aromatic hydroxyl groups is 1. The molecule has 1 aromatic heterocycles. The van der Waals surface area contributed by atoms with Gasteiger partial charge in [-0.3, -0.25) is 9.36 Å². The van der Waals surface area contributed by atoms with Crippen LogP contribution in [0.1, 0.15) is 11.7 Å². The molecule has 1 heterocycles. The standard InChI is InChI=1S/C10H10N2O2/c1-6(13)12-9-3-2-8(11)4-7(9)5-10(12)14/h2-5,14H,11H2,1H3. The molecule has 0 atom stereocenters. The smallest absolute Gasteiger partial charge is 0.230 e. The third-order valence-electron chi connectivity index (χ3n) is 2.12. The van der Waals surface area contributed by atoms with E-state index >= 15 is 0 Å². The molecule has 4 nitrogen and oxygen atoms in total. The summed E-state index contributed by atoms with van der Waals surface area (Å²) in [6, 6.07) is 6.65. The average Bonchev–Trinajstić information content (AvgIpc) is 2.39. The zero-order chi connectivity index (χ0) is 10.3. The molecule has 2 rings (SSSR count). The van der Waals surface area contributed by atoms with Crippen molar-refractivity contribution in [3.8, 4) is 5.88 Å². The molecular weight excluding hydrogens is 180 g/mol. The van der Waals surface area contributed by atoms with Gasteiger partial charge in [-0.1, -0.05) is 0 Å². The van der Waals surface area contributed by atoms with Gasteiger partial charge in [-0.2, -0.15) is 0 Å². The van der Waals surface area contributed by atoms with Gasteiger partial charge < -0.3 is 10.8 Å². The summed E-state index contributed by atoms with van der Waals surface area (Å²) in [4.78, 5) is 11.2. The van der Waals surface area contributed by atoms with Gasteiger partial charge >= 0.3 is 0 Å². The first-order chi connectivity index (χ1) is 6.59. The van der Waals surface area contributed by atoms with Gasteiger partial charge in [0.2, 0.25) is 5.91 Å². The minimum Gasteiger partial charge on any atom is -0.494 e. The predicted molar refractivity (Wildman–Crippen MR) is 54.3 cm³/mol. The van der Waals surface area contributed by atoms with E-state index in [9.17, 15) is 9.90 Å². The second-order valence-corrected chi connectivity index (χ2v) is 3.18. The van der Waals surface area contributed by atoms with Crippen molar-refractivity contribution in [2.45, 2.75) is 6.92 Å². The monoisotopic (exact) mass is 190 g/mol. The van der Waals surface area contributed by atoms with Crippen LogP contribution in [-0.4, -0.2) is 15.6 Å². The van der Waals surface area contributed by atoms with Crippen LogP contribution in [0.3, 0.4) is 0 Å². The number of nitrogens with two attached hydrogens (primary N) is 1. The predicted octanol–water partition coefficient (Wildman–Crippen LogP) is 1.59. The number of rotatable bonds is 0. The van der Waals surface area contributed by atoms with Crippen molar-refractivity contribution >= 4 is 22.5 Å². The summed E-state index contributed by atoms with van der Waals surface area (Å²) in [7, 11) is 0. The number of carbonyl (C=O) groups is 1. The highest BCUT2D eigenvalue weighted by atomic mass is 16.3. The van der Waals surface area contributed by atoms with Crippen molar-refractivity contribution in [1.82, 2.24) is 4.57 Å². The normalized spacial score (nSPS) is 10.6. The van der Waals surface area contributed by atoms with Gasteiger partial charge in [0.25, 0.3) is 0 Å². The Morgan fingerprint density at radius 2 is 2.14 bits per heavy atom. The first kappa shape index (κ1) is 8.62. The van der Waals surface area contributed by atoms with Crippen LogP contribution in [0.25, 0.3) is 10.9 Å². The highest BCUT2D eigenvalue weighted by molar-refractivity contribution is 5.95. The fourth-order valence-corrected chi connectivity index (χ4v) is 1.55. The highest BCUT2D eigenvalue weighted by Crippen LogP contribution is 2.25. The molecule has 0 fully saturated rings. The summed E-state index contributed by atoms with van der Waals surface area (Å²) in [6.07, 6.45) is 0. The SMILES string of the molecule is CC(=O)n1c(O)cc2cc(N)ccc21. The van der Waals surface area contributed by atoms with E-state index in [1.54, 1.807) is 18.2 Å². The van der Waals surface area contributed by atoms with E-state index in [4.69, 9.17) is 5.73 Å². The lowest BCUT2D eigenvalue weighted by Gasteiger charge is -2.00. The lowest BCUT2D eigenvalue weighted by atomic mass is 10.2. The molecule has 0 spiro atoms. The third-order valence-corrected chi connectivity index (χ3v) is 2.12. The summed E-state index contributed by atoms with van der Waals surface area (Å²) in [5.41, 5.74) is 6.86. The minimum atomic E-state index is -0.220. The van der Waals surface area contributed by atoms with E-state index in [-0.39, 0.29) is 11.8 Å². The number of fused-ring (bicyclic) bond motifs is 1. The molecule has 0 bridgehead atoms. The molecular formula is C10H10N2O2. The van der Waals surface area contributed by atoms with Crippen LogP contribution in [0, 0.1) is 0 Å². The lowest BCUT2D eigenvalue weighted by Crippen LogP contribution is -2.03. The molecule has 0 radical (unpaired) electrons. The zero-order valence-corrected chi connectivity index (χ0v) is 7.69. The molecule has 0 saturated heterocycles. The molecule has 0 aliphatic carbocycles. The van der Waals surface area contributed by atoms with Gasteiger partial charge in [0, 0.05) is 24.1 Å². The van der Waals surface area contributed by atoms with E-state index in [1.807, 2.05) is 0 Å². The number of nitrogens with zero attached hydrogens (tertiary/aromatic N) is 1. The number of nitrogen functional groups attached to an aromatic ring is 1. The van der Waals surface area contributed by atoms with Gasteiger partial charge in [-0.05, 0) is 18.2 Å². The molecule has 0 aliphatic heterocycles. The largest absolute Gasteiger partial charge is 0.494 e. The fourth-order valence-electron chi connectivity index (χ4n) is 1.55. The van der Waals surface area contributed by atoms with Gasteiger partial charge in [-0.25, -0.2) is 0 Å². The Bertz CT molecular complexity index is 514. The highest BCUT2D eigenvalue weighted by Gasteiger charge is 2.10. The first-order valence-corrected chi connectivity index (χ1v) is 4.20. The fraction of sp³-hybridized carbons (Fsp3) is 0.100. The van der Waals surface area contributed by atoms with Gasteiger partial charge in [0.15, 0.2) is 5.88 Å². The molecule has 0 unspecified atom stereocenters. The second kappa shape index (κ2) is 2.77. The van der Waals surface area contributed by atoms with Gasteiger partial charge in [-0.15, -0.1) is 0 Å². The zero-order valence-electron chi connectivity index (χ0n) is 7.69. The Morgan fingerprint density at radius 1 is 1.43 bits per heavy atom. The first-order valence-electron chi connectivity index (χ1n) is 4.20. The summed E-state index contributed by atoms with van der Waals surface area (Å²) < 4.78 is 1.24. The topological polar surface area (TPSA) is 68.2 Å². The number of carbonyl (C=O) groups excluding carboxylic acids is 1. The number of aromatic nitrogens is 1. The molecule has 72 valence electrons. The molecule has 4 heteroatoms. The van der Waals surface area contributed by atoms with Crippen molar-refractivity contribution in [2.24, 2.45) is 0 Å². The summed E-state index contributed by atoms with van der Waals surface area (Å²) in [6.45, 7) is 1.40. The van der Waals surface area contributed by atoms with E-state index in [2.05, 4.69) is 0 Å². The Balaban J connectivity index is 2.84. The van der Waals surface area contributed by atoms with Gasteiger partial charge in [0.05, 0.1) is 5.52 Å². The maximum Gasteiger partial charge on any atom is 0.230 e. The molecule has 0 aliphatic rings. The average molecular weight is 190 g/mol. The van der Waals surface area contributed by atoms with Crippen LogP contribution < -0.4 is 5.73 Å². The van der Waals surface area contributed by atoms with Crippen LogP contribution >= 0.6 is 0 Å². The molecule has 0 saturated carbocycles. The van der Waals surface area contributed by atoms with E-state index in [1.165, 1.54) is 17.6 Å². The van der Waals surface area contributed by atoms with Crippen molar-refractivity contribution in [2.75, 3.05) is 5.73 Å². The van der Waals surface area contributed by atoms with Crippen LogP contribution in [0.2, 0.25) is 0 Å². The van der Waals surface area contributed by atoms with Crippen molar-refractivity contribution in [3.05, 3.63) is 24.3 Å². The molecule has 14 heavy (non-hydrogen) atoms. The van der Waals surface area contributed by atoms with Crippen molar-refractivity contribution < 1.29 is 9.90 Å². The lowest BCUT2D eigenvalue weighted by molar-refractivity contribution is 0.0933. The number of benzene rings is 1. The Kier molecular flexibility index (Phi) is 1.70. The van der Waals surface area contributed by atoms with Crippen LogP contribution in [0.5, 0.6) is 5.88 Å². The quantitative estimate of drug-likeness (QED) is 0.620. The number of hydrogen-bond acceptors (Lipinski definition) is 3. The van der Waals surface area contributed by atoms with E-state index in [0.29, 0.717) is 11.2 Å². The molecule has 3 N–H and O–H groups in total. The number of anilines is 1. The molecule has 2 aromatic rings. The van der Waals surface area contributed by atoms with Crippen molar-refractivity contribution in [1.29, 1.82) is 0 Å². The Labute approximate surface area is 80.6 Å². The van der Waals surface area contributed by atoms with Crippen LogP contribution in [0.15, 0.2) is 24.3 Å². The summed E-state index contributed by atoms with van der Waals surface area (Å²) in [5, 5.41) is 10.3. The molecule has 1 aromatic carbocycles.